The summed E-state index contributed by atoms with van der Waals surface area (Å²) in [5.41, 5.74) is 1.89. The third-order valence-electron chi connectivity index (χ3n) is 4.70. The first-order chi connectivity index (χ1) is 15.2. The highest BCUT2D eigenvalue weighted by molar-refractivity contribution is 6.30. The number of carbonyl (C=O) groups excluding carboxylic acids is 1. The Morgan fingerprint density at radius 1 is 1.28 bits per heavy atom. The van der Waals surface area contributed by atoms with Crippen molar-refractivity contribution in [2.45, 2.75) is 52.8 Å². The van der Waals surface area contributed by atoms with Gasteiger partial charge in [-0.15, -0.1) is 0 Å². The average Bonchev–Trinajstić information content (AvgIpc) is 3.15. The first-order valence-corrected chi connectivity index (χ1v) is 11.0. The van der Waals surface area contributed by atoms with Crippen LogP contribution in [-0.2, 0) is 16.1 Å². The van der Waals surface area contributed by atoms with Crippen LogP contribution in [0.15, 0.2) is 48.7 Å². The Morgan fingerprint density at radius 3 is 2.66 bits per heavy atom. The number of nitrogens with zero attached hydrogens (tertiary/aromatic N) is 4. The third-order valence-corrected chi connectivity index (χ3v) is 4.90. The molecule has 0 spiro atoms. The van der Waals surface area contributed by atoms with Gasteiger partial charge in [-0.1, -0.05) is 48.0 Å². The zero-order chi connectivity index (χ0) is 23.3. The summed E-state index contributed by atoms with van der Waals surface area (Å²) in [7, 11) is 0. The molecule has 1 amide bonds. The number of rotatable bonds is 7. The molecular weight excluding hydrogens is 428 g/mol. The van der Waals surface area contributed by atoms with Crippen LogP contribution in [0.1, 0.15) is 51.9 Å². The molecule has 0 N–H and O–H groups in total. The van der Waals surface area contributed by atoms with E-state index < -0.39 is 11.7 Å². The topological polar surface area (TPSA) is 69.5 Å². The number of halogens is 1. The summed E-state index contributed by atoms with van der Waals surface area (Å²) in [6.07, 6.45) is 4.84. The van der Waals surface area contributed by atoms with Crippen molar-refractivity contribution in [2.24, 2.45) is 0 Å². The molecule has 0 aliphatic heterocycles. The highest BCUT2D eigenvalue weighted by atomic mass is 35.5. The largest absolute Gasteiger partial charge is 0.442 e. The fourth-order valence-electron chi connectivity index (χ4n) is 3.25. The molecule has 170 valence electrons. The Morgan fingerprint density at radius 2 is 2.00 bits per heavy atom. The molecule has 1 aromatic carbocycles. The van der Waals surface area contributed by atoms with Crippen LogP contribution >= 0.6 is 11.6 Å². The van der Waals surface area contributed by atoms with Gasteiger partial charge in [0.15, 0.2) is 0 Å². The zero-order valence-electron chi connectivity index (χ0n) is 19.1. The Labute approximate surface area is 193 Å². The molecule has 0 aliphatic rings. The minimum absolute atomic E-state index is 0.145. The van der Waals surface area contributed by atoms with Crippen molar-refractivity contribution in [1.82, 2.24) is 19.8 Å². The van der Waals surface area contributed by atoms with Crippen molar-refractivity contribution in [2.75, 3.05) is 6.61 Å². The molecule has 0 saturated carbocycles. The van der Waals surface area contributed by atoms with Gasteiger partial charge in [-0.3, -0.25) is 9.52 Å². The summed E-state index contributed by atoms with van der Waals surface area (Å²) >= 11 is 6.17. The molecule has 3 rings (SSSR count). The van der Waals surface area contributed by atoms with Gasteiger partial charge in [0.1, 0.15) is 10.8 Å². The van der Waals surface area contributed by atoms with E-state index in [4.69, 9.17) is 21.2 Å². The number of amides is 1. The molecule has 2 heterocycles. The van der Waals surface area contributed by atoms with Gasteiger partial charge >= 0.3 is 6.09 Å². The van der Waals surface area contributed by atoms with Crippen LogP contribution in [0.25, 0.3) is 17.0 Å². The first kappa shape index (κ1) is 23.8. The quantitative estimate of drug-likeness (QED) is 0.320. The van der Waals surface area contributed by atoms with E-state index in [1.165, 1.54) is 5.06 Å². The Bertz CT molecular complexity index is 1090. The van der Waals surface area contributed by atoms with Crippen molar-refractivity contribution in [1.29, 1.82) is 0 Å². The van der Waals surface area contributed by atoms with Crippen molar-refractivity contribution in [3.63, 3.8) is 0 Å². The van der Waals surface area contributed by atoms with Gasteiger partial charge in [0.2, 0.25) is 0 Å². The first-order valence-electron chi connectivity index (χ1n) is 10.6. The lowest BCUT2D eigenvalue weighted by Crippen LogP contribution is -2.38. The summed E-state index contributed by atoms with van der Waals surface area (Å²) in [5, 5.41) is 6.94. The fraction of sp³-hybridized carbons (Fsp3) is 0.375. The van der Waals surface area contributed by atoms with Crippen LogP contribution in [0.5, 0.6) is 0 Å². The van der Waals surface area contributed by atoms with E-state index in [1.54, 1.807) is 18.3 Å². The number of fused-ring (bicyclic) bond motifs is 1. The molecule has 7 nitrogen and oxygen atoms in total. The van der Waals surface area contributed by atoms with E-state index in [0.717, 1.165) is 16.5 Å². The molecule has 0 aliphatic carbocycles. The number of benzene rings is 1. The molecule has 1 atom stereocenters. The summed E-state index contributed by atoms with van der Waals surface area (Å²) < 4.78 is 7.41. The van der Waals surface area contributed by atoms with Crippen LogP contribution < -0.4 is 0 Å². The summed E-state index contributed by atoms with van der Waals surface area (Å²) in [6.45, 7) is 10.2. The second-order valence-electron chi connectivity index (χ2n) is 8.32. The summed E-state index contributed by atoms with van der Waals surface area (Å²) in [5.74, 6) is 0. The van der Waals surface area contributed by atoms with Crippen LogP contribution in [0.4, 0.5) is 4.79 Å². The van der Waals surface area contributed by atoms with E-state index in [9.17, 15) is 4.79 Å². The van der Waals surface area contributed by atoms with E-state index in [-0.39, 0.29) is 12.6 Å². The molecule has 0 fully saturated rings. The van der Waals surface area contributed by atoms with Crippen LogP contribution in [0, 0.1) is 0 Å². The SMILES string of the molecule is CCn1ncc2cc(Cl)nc(C=CCON(C(=O)OC(C)(C)C)C(C)c3ccccc3)c21. The van der Waals surface area contributed by atoms with E-state index in [2.05, 4.69) is 10.1 Å². The number of hydroxylamine groups is 2. The molecule has 2 aromatic heterocycles. The van der Waals surface area contributed by atoms with E-state index >= 15 is 0 Å². The van der Waals surface area contributed by atoms with E-state index in [1.807, 2.05) is 75.7 Å². The van der Waals surface area contributed by atoms with Crippen LogP contribution in [0.3, 0.4) is 0 Å². The van der Waals surface area contributed by atoms with Gasteiger partial charge in [-0.2, -0.15) is 10.2 Å². The number of carbonyl (C=O) groups is 1. The monoisotopic (exact) mass is 456 g/mol. The molecule has 0 saturated heterocycles. The molecule has 3 aromatic rings. The summed E-state index contributed by atoms with van der Waals surface area (Å²) in [4.78, 5) is 23.1. The lowest BCUT2D eigenvalue weighted by Gasteiger charge is -2.30. The highest BCUT2D eigenvalue weighted by Crippen LogP contribution is 2.24. The average molecular weight is 457 g/mol. The predicted molar refractivity (Wildman–Crippen MR) is 126 cm³/mol. The lowest BCUT2D eigenvalue weighted by atomic mass is 10.1. The lowest BCUT2D eigenvalue weighted by molar-refractivity contribution is -0.160. The number of hydrogen-bond acceptors (Lipinski definition) is 5. The number of ether oxygens (including phenoxy) is 1. The number of hydrogen-bond donors (Lipinski definition) is 0. The van der Waals surface area contributed by atoms with Crippen LogP contribution in [-0.4, -0.2) is 38.1 Å². The van der Waals surface area contributed by atoms with Gasteiger partial charge in [0.25, 0.3) is 0 Å². The zero-order valence-corrected chi connectivity index (χ0v) is 19.8. The number of aromatic nitrogens is 3. The van der Waals surface area contributed by atoms with E-state index in [0.29, 0.717) is 17.4 Å². The fourth-order valence-corrected chi connectivity index (χ4v) is 3.46. The molecule has 8 heteroatoms. The highest BCUT2D eigenvalue weighted by Gasteiger charge is 2.28. The Kier molecular flexibility index (Phi) is 7.53. The molecule has 0 bridgehead atoms. The van der Waals surface area contributed by atoms with Gasteiger partial charge in [0, 0.05) is 11.9 Å². The maximum Gasteiger partial charge on any atom is 0.435 e. The van der Waals surface area contributed by atoms with Gasteiger partial charge in [0.05, 0.1) is 30.1 Å². The Balaban J connectivity index is 1.79. The smallest absolute Gasteiger partial charge is 0.435 e. The van der Waals surface area contributed by atoms with Crippen molar-refractivity contribution >= 4 is 34.7 Å². The van der Waals surface area contributed by atoms with Gasteiger partial charge in [-0.05, 0) is 52.3 Å². The van der Waals surface area contributed by atoms with Gasteiger partial charge < -0.3 is 4.74 Å². The Hall–Kier alpha value is -2.90. The molecular formula is C24H29ClN4O3. The normalized spacial score (nSPS) is 12.9. The predicted octanol–water partition coefficient (Wildman–Crippen LogP) is 6.05. The van der Waals surface area contributed by atoms with Crippen molar-refractivity contribution in [3.8, 4) is 0 Å². The second-order valence-corrected chi connectivity index (χ2v) is 8.71. The number of pyridine rings is 1. The van der Waals surface area contributed by atoms with Crippen molar-refractivity contribution < 1.29 is 14.4 Å². The van der Waals surface area contributed by atoms with Crippen molar-refractivity contribution in [3.05, 3.63) is 65.1 Å². The van der Waals surface area contributed by atoms with Gasteiger partial charge in [-0.25, -0.2) is 9.78 Å². The molecule has 0 radical (unpaired) electrons. The minimum atomic E-state index is -0.639. The minimum Gasteiger partial charge on any atom is -0.442 e. The van der Waals surface area contributed by atoms with Crippen LogP contribution in [0.2, 0.25) is 5.15 Å². The maximum atomic E-state index is 12.8. The molecule has 32 heavy (non-hydrogen) atoms. The maximum absolute atomic E-state index is 12.8. The standard InChI is InChI=1S/C24H29ClN4O3/c1-6-28-22-19(16-26-28)15-21(25)27-20(22)13-10-14-31-29(23(30)32-24(3,4)5)17(2)18-11-8-7-9-12-18/h7-13,15-17H,6,14H2,1-5H3. The number of aryl methyl sites for hydroxylation is 1. The second kappa shape index (κ2) is 10.1. The molecule has 1 unspecified atom stereocenters. The summed E-state index contributed by atoms with van der Waals surface area (Å²) in [6, 6.07) is 11.1. The third kappa shape index (κ3) is 5.87.